The average molecular weight is 297 g/mol. The van der Waals surface area contributed by atoms with Gasteiger partial charge in [-0.15, -0.1) is 11.3 Å². The molecule has 0 aliphatic carbocycles. The van der Waals surface area contributed by atoms with Gasteiger partial charge in [0.05, 0.1) is 11.5 Å². The SMILES string of the molecule is COCCCN(CCOC)Cc1ccc(C#CCO)s1. The molecule has 1 aromatic heterocycles. The Labute approximate surface area is 125 Å². The van der Waals surface area contributed by atoms with Crippen molar-refractivity contribution in [1.29, 1.82) is 0 Å². The smallest absolute Gasteiger partial charge is 0.104 e. The van der Waals surface area contributed by atoms with Gasteiger partial charge in [-0.25, -0.2) is 0 Å². The molecule has 5 heteroatoms. The first kappa shape index (κ1) is 17.2. The van der Waals surface area contributed by atoms with Gasteiger partial charge in [-0.1, -0.05) is 11.8 Å². The molecule has 0 unspecified atom stereocenters. The van der Waals surface area contributed by atoms with Crippen LogP contribution in [0.3, 0.4) is 0 Å². The molecule has 1 heterocycles. The fraction of sp³-hybridized carbons (Fsp3) is 0.600. The van der Waals surface area contributed by atoms with Crippen LogP contribution in [0.5, 0.6) is 0 Å². The van der Waals surface area contributed by atoms with Crippen molar-refractivity contribution in [3.05, 3.63) is 21.9 Å². The van der Waals surface area contributed by atoms with Crippen molar-refractivity contribution in [2.45, 2.75) is 13.0 Å². The quantitative estimate of drug-likeness (QED) is 0.555. The van der Waals surface area contributed by atoms with Gasteiger partial charge in [0.1, 0.15) is 6.61 Å². The molecule has 0 bridgehead atoms. The summed E-state index contributed by atoms with van der Waals surface area (Å²) in [5.74, 6) is 5.61. The highest BCUT2D eigenvalue weighted by Gasteiger charge is 2.07. The number of methoxy groups -OCH3 is 2. The van der Waals surface area contributed by atoms with Gasteiger partial charge in [-0.05, 0) is 18.6 Å². The normalized spacial score (nSPS) is 10.6. The molecule has 1 aromatic rings. The first-order valence-electron chi connectivity index (χ1n) is 6.68. The molecule has 0 saturated heterocycles. The molecule has 0 atom stereocenters. The minimum Gasteiger partial charge on any atom is -0.385 e. The summed E-state index contributed by atoms with van der Waals surface area (Å²) in [7, 11) is 3.45. The molecule has 0 radical (unpaired) electrons. The standard InChI is InChI=1S/C15H23NO3S/c1-18-11-4-8-16(9-12-19-2)13-15-7-6-14(20-15)5-3-10-17/h6-7,17H,4,8-13H2,1-2H3. The minimum atomic E-state index is -0.0930. The molecule has 0 amide bonds. The van der Waals surface area contributed by atoms with Crippen LogP contribution < -0.4 is 0 Å². The van der Waals surface area contributed by atoms with Crippen molar-refractivity contribution < 1.29 is 14.6 Å². The van der Waals surface area contributed by atoms with Crippen molar-refractivity contribution in [2.75, 3.05) is 47.1 Å². The maximum absolute atomic E-state index is 8.69. The first-order valence-corrected chi connectivity index (χ1v) is 7.50. The number of ether oxygens (including phenoxy) is 2. The minimum absolute atomic E-state index is 0.0930. The lowest BCUT2D eigenvalue weighted by molar-refractivity contribution is 0.130. The summed E-state index contributed by atoms with van der Waals surface area (Å²) in [6, 6.07) is 4.11. The van der Waals surface area contributed by atoms with Crippen LogP contribution in [-0.4, -0.2) is 57.1 Å². The highest BCUT2D eigenvalue weighted by atomic mass is 32.1. The van der Waals surface area contributed by atoms with E-state index >= 15 is 0 Å². The lowest BCUT2D eigenvalue weighted by Crippen LogP contribution is -2.28. The lowest BCUT2D eigenvalue weighted by Gasteiger charge is -2.20. The Balaban J connectivity index is 2.51. The van der Waals surface area contributed by atoms with E-state index in [0.717, 1.165) is 44.1 Å². The van der Waals surface area contributed by atoms with E-state index in [0.29, 0.717) is 0 Å². The van der Waals surface area contributed by atoms with Crippen LogP contribution in [0.25, 0.3) is 0 Å². The zero-order valence-corrected chi connectivity index (χ0v) is 13.0. The second-order valence-electron chi connectivity index (χ2n) is 4.34. The Morgan fingerprint density at radius 2 is 2.00 bits per heavy atom. The van der Waals surface area contributed by atoms with Crippen LogP contribution in [0.4, 0.5) is 0 Å². The number of nitrogens with zero attached hydrogens (tertiary/aromatic N) is 1. The molecule has 1 N–H and O–H groups in total. The van der Waals surface area contributed by atoms with E-state index in [1.807, 2.05) is 6.07 Å². The second kappa shape index (κ2) is 10.8. The molecule has 112 valence electrons. The van der Waals surface area contributed by atoms with Gasteiger partial charge in [0.2, 0.25) is 0 Å². The Bertz CT molecular complexity index is 422. The number of aliphatic hydroxyl groups is 1. The van der Waals surface area contributed by atoms with E-state index in [9.17, 15) is 0 Å². The van der Waals surface area contributed by atoms with Crippen LogP contribution in [0, 0.1) is 11.8 Å². The molecule has 0 fully saturated rings. The molecule has 0 aromatic carbocycles. The van der Waals surface area contributed by atoms with Crippen LogP contribution in [-0.2, 0) is 16.0 Å². The third-order valence-electron chi connectivity index (χ3n) is 2.77. The van der Waals surface area contributed by atoms with Crippen molar-refractivity contribution >= 4 is 11.3 Å². The van der Waals surface area contributed by atoms with E-state index < -0.39 is 0 Å². The Kier molecular flexibility index (Phi) is 9.29. The number of rotatable bonds is 9. The summed E-state index contributed by atoms with van der Waals surface area (Å²) < 4.78 is 10.3. The number of hydrogen-bond donors (Lipinski definition) is 1. The maximum atomic E-state index is 8.69. The number of hydrogen-bond acceptors (Lipinski definition) is 5. The van der Waals surface area contributed by atoms with Crippen molar-refractivity contribution in [3.8, 4) is 11.8 Å². The van der Waals surface area contributed by atoms with E-state index in [2.05, 4.69) is 22.8 Å². The maximum Gasteiger partial charge on any atom is 0.104 e. The van der Waals surface area contributed by atoms with E-state index in [1.165, 1.54) is 4.88 Å². The van der Waals surface area contributed by atoms with Crippen molar-refractivity contribution in [2.24, 2.45) is 0 Å². The van der Waals surface area contributed by atoms with Crippen LogP contribution in [0.1, 0.15) is 16.2 Å². The fourth-order valence-corrected chi connectivity index (χ4v) is 2.72. The topological polar surface area (TPSA) is 41.9 Å². The van der Waals surface area contributed by atoms with Crippen LogP contribution >= 0.6 is 11.3 Å². The third kappa shape index (κ3) is 7.04. The molecule has 0 aliphatic rings. The molecular formula is C15H23NO3S. The van der Waals surface area contributed by atoms with Gasteiger partial charge in [0.15, 0.2) is 0 Å². The zero-order chi connectivity index (χ0) is 14.6. The molecular weight excluding hydrogens is 274 g/mol. The summed E-state index contributed by atoms with van der Waals surface area (Å²) in [5.41, 5.74) is 0. The summed E-state index contributed by atoms with van der Waals surface area (Å²) in [6.07, 6.45) is 1.02. The van der Waals surface area contributed by atoms with Crippen LogP contribution in [0.2, 0.25) is 0 Å². The largest absolute Gasteiger partial charge is 0.385 e. The first-order chi connectivity index (χ1) is 9.80. The van der Waals surface area contributed by atoms with Crippen molar-refractivity contribution in [3.63, 3.8) is 0 Å². The fourth-order valence-electron chi connectivity index (χ4n) is 1.80. The number of aliphatic hydroxyl groups excluding tert-OH is 1. The predicted octanol–water partition coefficient (Wildman–Crippen LogP) is 1.58. The van der Waals surface area contributed by atoms with Gasteiger partial charge in [-0.3, -0.25) is 4.90 Å². The Morgan fingerprint density at radius 1 is 1.20 bits per heavy atom. The zero-order valence-electron chi connectivity index (χ0n) is 12.2. The molecule has 0 spiro atoms. The lowest BCUT2D eigenvalue weighted by atomic mass is 10.3. The molecule has 4 nitrogen and oxygen atoms in total. The molecule has 20 heavy (non-hydrogen) atoms. The predicted molar refractivity (Wildman–Crippen MR) is 81.9 cm³/mol. The molecule has 0 aliphatic heterocycles. The molecule has 0 saturated carbocycles. The van der Waals surface area contributed by atoms with Gasteiger partial charge < -0.3 is 14.6 Å². The Morgan fingerprint density at radius 3 is 2.70 bits per heavy atom. The van der Waals surface area contributed by atoms with E-state index in [-0.39, 0.29) is 6.61 Å². The van der Waals surface area contributed by atoms with E-state index in [4.69, 9.17) is 14.6 Å². The number of thiophene rings is 1. The van der Waals surface area contributed by atoms with Gasteiger partial charge in [-0.2, -0.15) is 0 Å². The second-order valence-corrected chi connectivity index (χ2v) is 5.51. The Hall–Kier alpha value is -0.900. The third-order valence-corrected chi connectivity index (χ3v) is 3.75. The van der Waals surface area contributed by atoms with Crippen LogP contribution in [0.15, 0.2) is 12.1 Å². The van der Waals surface area contributed by atoms with Gasteiger partial charge in [0, 0.05) is 45.3 Å². The van der Waals surface area contributed by atoms with Crippen molar-refractivity contribution in [1.82, 2.24) is 4.90 Å². The summed E-state index contributed by atoms with van der Waals surface area (Å²) in [4.78, 5) is 4.64. The molecule has 1 rings (SSSR count). The highest BCUT2D eigenvalue weighted by molar-refractivity contribution is 7.12. The summed E-state index contributed by atoms with van der Waals surface area (Å²) >= 11 is 1.68. The summed E-state index contributed by atoms with van der Waals surface area (Å²) in [5, 5.41) is 8.69. The average Bonchev–Trinajstić information content (AvgIpc) is 2.90. The summed E-state index contributed by atoms with van der Waals surface area (Å²) in [6.45, 7) is 4.22. The van der Waals surface area contributed by atoms with E-state index in [1.54, 1.807) is 25.6 Å². The highest BCUT2D eigenvalue weighted by Crippen LogP contribution is 2.17. The van der Waals surface area contributed by atoms with Gasteiger partial charge >= 0.3 is 0 Å². The monoisotopic (exact) mass is 297 g/mol. The van der Waals surface area contributed by atoms with Gasteiger partial charge in [0.25, 0.3) is 0 Å².